The number of likely N-dealkylation sites (tertiary alicyclic amines) is 1. The first-order valence-corrected chi connectivity index (χ1v) is 18.3. The highest BCUT2D eigenvalue weighted by atomic mass is 32.1. The normalized spacial score (nSPS) is 24.1. The zero-order valence-corrected chi connectivity index (χ0v) is 27.9. The summed E-state index contributed by atoms with van der Waals surface area (Å²) in [5.74, 6) is 6.03. The predicted octanol–water partition coefficient (Wildman–Crippen LogP) is 6.94. The third kappa shape index (κ3) is 8.17. The van der Waals surface area contributed by atoms with E-state index in [-0.39, 0.29) is 22.7 Å². The Morgan fingerprint density at radius 2 is 1.89 bits per heavy atom. The van der Waals surface area contributed by atoms with Gasteiger partial charge in [0.2, 0.25) is 6.86 Å². The molecule has 2 saturated heterocycles. The molecule has 0 aliphatic carbocycles. The van der Waals surface area contributed by atoms with Crippen molar-refractivity contribution in [2.24, 2.45) is 0 Å². The van der Waals surface area contributed by atoms with Gasteiger partial charge in [0.25, 0.3) is 0 Å². The number of ether oxygens (including phenoxy) is 1. The van der Waals surface area contributed by atoms with Gasteiger partial charge in [0.05, 0.1) is 40.0 Å². The minimum absolute atomic E-state index is 0.0497. The molecule has 13 heteroatoms. The molecule has 0 bridgehead atoms. The first kappa shape index (κ1) is 34.5. The van der Waals surface area contributed by atoms with Crippen molar-refractivity contribution in [2.45, 2.75) is 50.1 Å². The van der Waals surface area contributed by atoms with Crippen LogP contribution in [0.15, 0.2) is 36.4 Å². The largest absolute Gasteiger partial charge is 0.461 e. The number of thiophene rings is 1. The Bertz CT molecular complexity index is 1620. The number of alkyl halides is 5. The van der Waals surface area contributed by atoms with Gasteiger partial charge in [-0.1, -0.05) is 24.0 Å². The number of halogens is 5. The van der Waals surface area contributed by atoms with E-state index in [1.807, 2.05) is 26.0 Å². The van der Waals surface area contributed by atoms with Gasteiger partial charge < -0.3 is 29.7 Å². The van der Waals surface area contributed by atoms with Crippen molar-refractivity contribution in [3.05, 3.63) is 46.8 Å². The summed E-state index contributed by atoms with van der Waals surface area (Å²) in [5, 5.41) is 7.40. The summed E-state index contributed by atoms with van der Waals surface area (Å²) in [6.45, 7) is -0.0120. The third-order valence-electron chi connectivity index (χ3n) is 8.87. The van der Waals surface area contributed by atoms with Crippen LogP contribution in [0.5, 0.6) is 5.75 Å². The molecule has 2 atom stereocenters. The lowest BCUT2D eigenvalue weighted by Gasteiger charge is -2.33. The second-order valence-corrected chi connectivity index (χ2v) is 16.5. The molecule has 5 rings (SSSR count). The quantitative estimate of drug-likeness (QED) is 0.145. The summed E-state index contributed by atoms with van der Waals surface area (Å²) >= 11 is 1.15. The summed E-state index contributed by atoms with van der Waals surface area (Å²) in [5.41, 5.74) is 1.13. The van der Waals surface area contributed by atoms with Crippen LogP contribution in [0, 0.1) is 11.8 Å². The molecule has 250 valence electrons. The van der Waals surface area contributed by atoms with Crippen LogP contribution in [-0.4, -0.2) is 94.2 Å². The van der Waals surface area contributed by atoms with Crippen molar-refractivity contribution < 1.29 is 31.3 Å². The van der Waals surface area contributed by atoms with Crippen LogP contribution in [0.4, 0.5) is 33.3 Å². The molecule has 0 radical (unpaired) electrons. The maximum absolute atomic E-state index is 14.8. The summed E-state index contributed by atoms with van der Waals surface area (Å²) < 4.78 is 88.7. The fraction of sp³-hybridized carbons (Fsp3) is 0.515. The maximum Gasteiger partial charge on any atom is 0.393 e. The maximum atomic E-state index is 14.8. The lowest BCUT2D eigenvalue weighted by Crippen LogP contribution is -2.46. The number of nitrogens with zero attached hydrogens (tertiary/aromatic N) is 2. The zero-order chi connectivity index (χ0) is 33.1. The van der Waals surface area contributed by atoms with E-state index in [0.717, 1.165) is 30.7 Å². The molecule has 2 aliphatic rings. The highest BCUT2D eigenvalue weighted by molar-refractivity contribution is 7.71. The van der Waals surface area contributed by atoms with E-state index >= 15 is 0 Å². The molecule has 2 aromatic carbocycles. The molecule has 2 aliphatic heterocycles. The van der Waals surface area contributed by atoms with Crippen molar-refractivity contribution in [1.82, 2.24) is 9.80 Å². The van der Waals surface area contributed by atoms with Gasteiger partial charge in [0.15, 0.2) is 0 Å². The number of fused-ring (bicyclic) bond motifs is 1. The smallest absolute Gasteiger partial charge is 0.393 e. The highest BCUT2D eigenvalue weighted by Crippen LogP contribution is 2.50. The molecule has 1 aromatic heterocycles. The van der Waals surface area contributed by atoms with E-state index in [4.69, 9.17) is 4.74 Å². The van der Waals surface area contributed by atoms with Gasteiger partial charge in [-0.2, -0.15) is 13.2 Å². The minimum Gasteiger partial charge on any atom is -0.461 e. The first-order chi connectivity index (χ1) is 21.9. The standard InChI is InChI=1S/C33H40F5N4O2PS/c1-41(2)22-12-16-45(43,17-13-22)23-9-10-28(30(18-23)44-21-34)39-14-5-8-31-25(19-33(36,37)38)24-6-4-7-29(32(24)46-31)40-27-11-15-42(3)20-26(27)35/h4,6-7,9-10,18,22,26-27,39-40H,11-17,19-21H2,1-3H3/t22?,26-,27?,45?/m1/s1. The average molecular weight is 683 g/mol. The van der Waals surface area contributed by atoms with E-state index in [1.54, 1.807) is 36.4 Å². The lowest BCUT2D eigenvalue weighted by molar-refractivity contribution is -0.126. The molecule has 6 nitrogen and oxygen atoms in total. The SMILES string of the molecule is CN1CCC(Nc2cccc3c(CC(F)(F)F)c(C#CCNc4ccc(P5(=O)CCC(N(C)C)CC5)cc4OCF)sc23)[C@H](F)C1. The second-order valence-electron chi connectivity index (χ2n) is 12.3. The molecular formula is C33H40F5N4O2PS. The van der Waals surface area contributed by atoms with Crippen LogP contribution < -0.4 is 20.7 Å². The van der Waals surface area contributed by atoms with Gasteiger partial charge >= 0.3 is 6.18 Å². The minimum atomic E-state index is -4.45. The van der Waals surface area contributed by atoms with Crippen LogP contribution in [0.1, 0.15) is 29.7 Å². The molecule has 0 amide bonds. The van der Waals surface area contributed by atoms with Gasteiger partial charge in [0, 0.05) is 36.8 Å². The first-order valence-electron chi connectivity index (χ1n) is 15.4. The highest BCUT2D eigenvalue weighted by Gasteiger charge is 2.34. The monoisotopic (exact) mass is 682 g/mol. The fourth-order valence-corrected chi connectivity index (χ4v) is 10.3. The van der Waals surface area contributed by atoms with E-state index < -0.39 is 38.8 Å². The predicted molar refractivity (Wildman–Crippen MR) is 178 cm³/mol. The zero-order valence-electron chi connectivity index (χ0n) is 26.2. The van der Waals surface area contributed by atoms with Crippen molar-refractivity contribution in [3.63, 3.8) is 0 Å². The fourth-order valence-electron chi connectivity index (χ4n) is 6.28. The van der Waals surface area contributed by atoms with Gasteiger partial charge in [-0.15, -0.1) is 11.3 Å². The molecule has 2 N–H and O–H groups in total. The topological polar surface area (TPSA) is 56.8 Å². The Morgan fingerprint density at radius 3 is 2.57 bits per heavy atom. The third-order valence-corrected chi connectivity index (χ3v) is 13.3. The van der Waals surface area contributed by atoms with E-state index in [0.29, 0.717) is 58.1 Å². The van der Waals surface area contributed by atoms with Crippen molar-refractivity contribution in [2.75, 3.05) is 70.6 Å². The Balaban J connectivity index is 1.35. The molecule has 2 fully saturated rings. The number of hydrogen-bond acceptors (Lipinski definition) is 7. The number of benzene rings is 2. The van der Waals surface area contributed by atoms with Crippen LogP contribution in [0.25, 0.3) is 10.1 Å². The van der Waals surface area contributed by atoms with Crippen LogP contribution in [0.2, 0.25) is 0 Å². The van der Waals surface area contributed by atoms with Crippen molar-refractivity contribution >= 4 is 45.2 Å². The molecule has 0 spiro atoms. The van der Waals surface area contributed by atoms with E-state index in [9.17, 15) is 26.5 Å². The Hall–Kier alpha value is -2.84. The van der Waals surface area contributed by atoms with Gasteiger partial charge in [-0.3, -0.25) is 0 Å². The molecule has 3 aromatic rings. The lowest BCUT2D eigenvalue weighted by atomic mass is 10.0. The Morgan fingerprint density at radius 1 is 1.13 bits per heavy atom. The summed E-state index contributed by atoms with van der Waals surface area (Å²) in [4.78, 5) is 4.34. The Labute approximate surface area is 271 Å². The number of rotatable bonds is 9. The van der Waals surface area contributed by atoms with Gasteiger partial charge in [-0.25, -0.2) is 8.78 Å². The van der Waals surface area contributed by atoms with E-state index in [1.165, 1.54) is 0 Å². The van der Waals surface area contributed by atoms with Crippen molar-refractivity contribution in [1.29, 1.82) is 0 Å². The molecular weight excluding hydrogens is 642 g/mol. The molecule has 0 saturated carbocycles. The Kier molecular flexibility index (Phi) is 10.9. The summed E-state index contributed by atoms with van der Waals surface area (Å²) in [6, 6.07) is 10.1. The molecule has 3 heterocycles. The number of nitrogens with one attached hydrogen (secondary N) is 2. The van der Waals surface area contributed by atoms with Gasteiger partial charge in [-0.05, 0) is 75.6 Å². The second kappa shape index (κ2) is 14.5. The number of hydrogen-bond donors (Lipinski definition) is 2. The molecule has 1 unspecified atom stereocenters. The molecule has 46 heavy (non-hydrogen) atoms. The van der Waals surface area contributed by atoms with Gasteiger partial charge in [0.1, 0.15) is 19.1 Å². The number of anilines is 2. The van der Waals surface area contributed by atoms with Crippen LogP contribution in [0.3, 0.4) is 0 Å². The van der Waals surface area contributed by atoms with E-state index in [2.05, 4.69) is 27.4 Å². The summed E-state index contributed by atoms with van der Waals surface area (Å²) in [6.07, 6.45) is -3.33. The average Bonchev–Trinajstić information content (AvgIpc) is 3.34. The number of piperidine rings is 1. The van der Waals surface area contributed by atoms with Crippen LogP contribution in [-0.2, 0) is 11.0 Å². The van der Waals surface area contributed by atoms with Crippen LogP contribution >= 0.6 is 18.5 Å². The summed E-state index contributed by atoms with van der Waals surface area (Å²) in [7, 11) is 3.24. The van der Waals surface area contributed by atoms with Crippen molar-refractivity contribution in [3.8, 4) is 17.6 Å².